The zero-order valence-corrected chi connectivity index (χ0v) is 7.85. The first kappa shape index (κ1) is 8.57. The number of likely N-dealkylation sites (tertiary alicyclic amines) is 1. The van der Waals surface area contributed by atoms with Crippen LogP contribution in [0.5, 0.6) is 0 Å². The lowest BCUT2D eigenvalue weighted by molar-refractivity contribution is -0.182. The van der Waals surface area contributed by atoms with Gasteiger partial charge in [-0.1, -0.05) is 13.8 Å². The van der Waals surface area contributed by atoms with Crippen molar-refractivity contribution in [2.75, 3.05) is 7.05 Å². The lowest BCUT2D eigenvalue weighted by atomic mass is 9.60. The minimum absolute atomic E-state index is 0.275. The van der Waals surface area contributed by atoms with E-state index < -0.39 is 0 Å². The molecule has 1 amide bonds. The van der Waals surface area contributed by atoms with E-state index in [2.05, 4.69) is 6.92 Å². The SMILES string of the molecule is CC.CN1C(=O)C2CCC21C. The Morgan fingerprint density at radius 3 is 2.18 bits per heavy atom. The van der Waals surface area contributed by atoms with Gasteiger partial charge in [-0.25, -0.2) is 0 Å². The molecule has 0 radical (unpaired) electrons. The molecule has 0 aromatic heterocycles. The maximum absolute atomic E-state index is 11.0. The average molecular weight is 155 g/mol. The average Bonchev–Trinajstić information content (AvgIpc) is 2.04. The number of carbonyl (C=O) groups is 1. The lowest BCUT2D eigenvalue weighted by Gasteiger charge is -2.61. The molecule has 2 aliphatic rings. The van der Waals surface area contributed by atoms with Crippen LogP contribution in [0.25, 0.3) is 0 Å². The van der Waals surface area contributed by atoms with E-state index >= 15 is 0 Å². The summed E-state index contributed by atoms with van der Waals surface area (Å²) >= 11 is 0. The molecule has 0 spiro atoms. The molecule has 2 unspecified atom stereocenters. The molecule has 2 fully saturated rings. The smallest absolute Gasteiger partial charge is 0.228 e. The Kier molecular flexibility index (Phi) is 1.95. The highest BCUT2D eigenvalue weighted by atomic mass is 16.2. The third kappa shape index (κ3) is 0.815. The summed E-state index contributed by atoms with van der Waals surface area (Å²) in [4.78, 5) is 12.8. The van der Waals surface area contributed by atoms with E-state index in [1.54, 1.807) is 0 Å². The van der Waals surface area contributed by atoms with Gasteiger partial charge in [-0.15, -0.1) is 0 Å². The summed E-state index contributed by atoms with van der Waals surface area (Å²) in [6.45, 7) is 6.17. The molecule has 1 heterocycles. The van der Waals surface area contributed by atoms with Crippen molar-refractivity contribution in [3.63, 3.8) is 0 Å². The van der Waals surface area contributed by atoms with Crippen molar-refractivity contribution in [2.24, 2.45) is 5.92 Å². The predicted molar refractivity (Wildman–Crippen MR) is 45.2 cm³/mol. The molecule has 2 rings (SSSR count). The molecule has 0 N–H and O–H groups in total. The molecule has 0 bridgehead atoms. The second-order valence-corrected chi connectivity index (χ2v) is 3.35. The first-order valence-electron chi connectivity index (χ1n) is 4.44. The second kappa shape index (κ2) is 2.50. The predicted octanol–water partition coefficient (Wildman–Crippen LogP) is 1.65. The minimum atomic E-state index is 0.275. The normalized spacial score (nSPS) is 39.5. The summed E-state index contributed by atoms with van der Waals surface area (Å²) in [5.74, 6) is 0.742. The van der Waals surface area contributed by atoms with Crippen LogP contribution in [0.3, 0.4) is 0 Å². The van der Waals surface area contributed by atoms with E-state index in [-0.39, 0.29) is 5.54 Å². The van der Waals surface area contributed by atoms with Crippen molar-refractivity contribution in [2.45, 2.75) is 39.2 Å². The zero-order chi connectivity index (χ0) is 8.65. The van der Waals surface area contributed by atoms with Crippen LogP contribution >= 0.6 is 0 Å². The Balaban J connectivity index is 0.000000281. The van der Waals surface area contributed by atoms with Crippen LogP contribution < -0.4 is 0 Å². The maximum atomic E-state index is 11.0. The number of β-lactam (4-membered cyclic amide) rings is 1. The number of fused-ring (bicyclic) bond motifs is 1. The van der Waals surface area contributed by atoms with E-state index in [4.69, 9.17) is 0 Å². The van der Waals surface area contributed by atoms with Crippen LogP contribution in [0, 0.1) is 5.92 Å². The van der Waals surface area contributed by atoms with Gasteiger partial charge in [0.2, 0.25) is 5.91 Å². The highest BCUT2D eigenvalue weighted by molar-refractivity contribution is 5.89. The molecular formula is C9H17NO. The first-order valence-corrected chi connectivity index (χ1v) is 4.44. The molecule has 0 aromatic rings. The fourth-order valence-corrected chi connectivity index (χ4v) is 1.92. The van der Waals surface area contributed by atoms with E-state index in [0.717, 1.165) is 6.42 Å². The van der Waals surface area contributed by atoms with Gasteiger partial charge in [-0.05, 0) is 19.8 Å². The van der Waals surface area contributed by atoms with Crippen molar-refractivity contribution in [3.8, 4) is 0 Å². The van der Waals surface area contributed by atoms with Gasteiger partial charge < -0.3 is 4.90 Å². The standard InChI is InChI=1S/C7H11NO.C2H6/c1-7-4-3-5(7)6(9)8(7)2;1-2/h5H,3-4H2,1-2H3;1-2H3. The van der Waals surface area contributed by atoms with Crippen LogP contribution in [0.15, 0.2) is 0 Å². The van der Waals surface area contributed by atoms with Gasteiger partial charge in [-0.2, -0.15) is 0 Å². The van der Waals surface area contributed by atoms with Crippen molar-refractivity contribution in [1.29, 1.82) is 0 Å². The molecule has 0 aromatic carbocycles. The Labute approximate surface area is 68.6 Å². The van der Waals surface area contributed by atoms with Crippen molar-refractivity contribution < 1.29 is 4.79 Å². The van der Waals surface area contributed by atoms with Crippen LogP contribution in [0.2, 0.25) is 0 Å². The number of amides is 1. The Bertz CT molecular complexity index is 168. The summed E-state index contributed by atoms with van der Waals surface area (Å²) < 4.78 is 0. The Hall–Kier alpha value is -0.530. The molecule has 2 heteroatoms. The van der Waals surface area contributed by atoms with E-state index in [9.17, 15) is 4.79 Å². The molecule has 1 aliphatic heterocycles. The van der Waals surface area contributed by atoms with Gasteiger partial charge in [0.05, 0.1) is 11.5 Å². The number of hydrogen-bond donors (Lipinski definition) is 0. The number of nitrogens with zero attached hydrogens (tertiary/aromatic N) is 1. The van der Waals surface area contributed by atoms with Gasteiger partial charge in [0.1, 0.15) is 0 Å². The van der Waals surface area contributed by atoms with Crippen LogP contribution in [-0.2, 0) is 4.79 Å². The van der Waals surface area contributed by atoms with Crippen molar-refractivity contribution in [1.82, 2.24) is 4.90 Å². The van der Waals surface area contributed by atoms with E-state index in [0.29, 0.717) is 11.8 Å². The minimum Gasteiger partial charge on any atom is -0.339 e. The summed E-state index contributed by atoms with van der Waals surface area (Å²) in [6, 6.07) is 0. The lowest BCUT2D eigenvalue weighted by Crippen LogP contribution is -2.73. The highest BCUT2D eigenvalue weighted by Gasteiger charge is 2.60. The van der Waals surface area contributed by atoms with E-state index in [1.807, 2.05) is 25.8 Å². The van der Waals surface area contributed by atoms with Gasteiger partial charge in [-0.3, -0.25) is 4.79 Å². The third-order valence-corrected chi connectivity index (χ3v) is 3.08. The molecule has 2 nitrogen and oxygen atoms in total. The maximum Gasteiger partial charge on any atom is 0.228 e. The molecule has 1 saturated carbocycles. The summed E-state index contributed by atoms with van der Waals surface area (Å²) in [6.07, 6.45) is 2.33. The molecule has 64 valence electrons. The Morgan fingerprint density at radius 2 is 2.09 bits per heavy atom. The molecule has 11 heavy (non-hydrogen) atoms. The van der Waals surface area contributed by atoms with Crippen LogP contribution in [0.4, 0.5) is 0 Å². The summed E-state index contributed by atoms with van der Waals surface area (Å²) in [5.41, 5.74) is 0.275. The molecule has 1 saturated heterocycles. The van der Waals surface area contributed by atoms with Gasteiger partial charge in [0.25, 0.3) is 0 Å². The van der Waals surface area contributed by atoms with Gasteiger partial charge in [0, 0.05) is 7.05 Å². The second-order valence-electron chi connectivity index (χ2n) is 3.35. The third-order valence-electron chi connectivity index (χ3n) is 3.08. The zero-order valence-electron chi connectivity index (χ0n) is 7.85. The number of hydrogen-bond acceptors (Lipinski definition) is 1. The Morgan fingerprint density at radius 1 is 1.55 bits per heavy atom. The van der Waals surface area contributed by atoms with Crippen LogP contribution in [0.1, 0.15) is 33.6 Å². The largest absolute Gasteiger partial charge is 0.339 e. The fraction of sp³-hybridized carbons (Fsp3) is 0.889. The highest BCUT2D eigenvalue weighted by Crippen LogP contribution is 2.51. The van der Waals surface area contributed by atoms with Gasteiger partial charge in [0.15, 0.2) is 0 Å². The molecule has 2 atom stereocenters. The monoisotopic (exact) mass is 155 g/mol. The first-order chi connectivity index (χ1) is 5.16. The number of rotatable bonds is 0. The molecule has 1 aliphatic carbocycles. The van der Waals surface area contributed by atoms with Crippen molar-refractivity contribution >= 4 is 5.91 Å². The van der Waals surface area contributed by atoms with Crippen molar-refractivity contribution in [3.05, 3.63) is 0 Å². The quantitative estimate of drug-likeness (QED) is 0.487. The number of piperidine rings is 1. The summed E-state index contributed by atoms with van der Waals surface area (Å²) in [5, 5.41) is 0. The van der Waals surface area contributed by atoms with Crippen LogP contribution in [-0.4, -0.2) is 23.4 Å². The molecular weight excluding hydrogens is 138 g/mol. The topological polar surface area (TPSA) is 20.3 Å². The fourth-order valence-electron chi connectivity index (χ4n) is 1.92. The summed E-state index contributed by atoms with van der Waals surface area (Å²) in [7, 11) is 1.90. The number of carbonyl (C=O) groups excluding carboxylic acids is 1. The van der Waals surface area contributed by atoms with Gasteiger partial charge >= 0.3 is 0 Å². The van der Waals surface area contributed by atoms with E-state index in [1.165, 1.54) is 6.42 Å².